The van der Waals surface area contributed by atoms with Crippen LogP contribution in [0.4, 0.5) is 23.1 Å². The lowest BCUT2D eigenvalue weighted by Crippen LogP contribution is -2.19. The van der Waals surface area contributed by atoms with Crippen molar-refractivity contribution in [3.63, 3.8) is 0 Å². The van der Waals surface area contributed by atoms with E-state index in [0.717, 1.165) is 29.4 Å². The zero-order chi connectivity index (χ0) is 19.2. The Hall–Kier alpha value is -3.28. The molecule has 0 radical (unpaired) electrons. The number of aromatic nitrogens is 2. The number of para-hydroxylation sites is 1. The second-order valence-corrected chi connectivity index (χ2v) is 5.97. The molecular formula is C21H24N4O2. The van der Waals surface area contributed by atoms with Crippen molar-refractivity contribution in [2.75, 3.05) is 31.0 Å². The van der Waals surface area contributed by atoms with Gasteiger partial charge in [-0.25, -0.2) is 4.98 Å². The number of ether oxygens (including phenoxy) is 2. The minimum atomic E-state index is 0.652. The normalized spacial score (nSPS) is 10.4. The van der Waals surface area contributed by atoms with Gasteiger partial charge in [0, 0.05) is 30.1 Å². The fourth-order valence-electron chi connectivity index (χ4n) is 2.82. The van der Waals surface area contributed by atoms with E-state index >= 15 is 0 Å². The summed E-state index contributed by atoms with van der Waals surface area (Å²) in [7, 11) is 3.26. The van der Waals surface area contributed by atoms with Crippen molar-refractivity contribution in [1.82, 2.24) is 9.97 Å². The van der Waals surface area contributed by atoms with Gasteiger partial charge in [-0.2, -0.15) is 4.98 Å². The van der Waals surface area contributed by atoms with Crippen molar-refractivity contribution in [3.8, 4) is 11.5 Å². The maximum atomic E-state index is 5.46. The van der Waals surface area contributed by atoms with E-state index in [4.69, 9.17) is 14.5 Å². The van der Waals surface area contributed by atoms with E-state index in [0.29, 0.717) is 17.5 Å². The van der Waals surface area contributed by atoms with E-state index in [1.165, 1.54) is 0 Å². The monoisotopic (exact) mass is 364 g/mol. The molecule has 0 aliphatic rings. The van der Waals surface area contributed by atoms with Crippen LogP contribution >= 0.6 is 0 Å². The summed E-state index contributed by atoms with van der Waals surface area (Å²) < 4.78 is 10.7. The molecule has 140 valence electrons. The SMILES string of the molecule is CCN(c1ccccc1)c1nc(C)cc(Nc2ccc(OC)cc2OC)n1. The summed E-state index contributed by atoms with van der Waals surface area (Å²) >= 11 is 0. The Kier molecular flexibility index (Phi) is 5.76. The third kappa shape index (κ3) is 4.28. The number of rotatable bonds is 7. The van der Waals surface area contributed by atoms with Crippen molar-refractivity contribution in [3.05, 3.63) is 60.3 Å². The molecule has 0 fully saturated rings. The molecule has 0 saturated carbocycles. The van der Waals surface area contributed by atoms with Gasteiger partial charge in [0.05, 0.1) is 19.9 Å². The fourth-order valence-corrected chi connectivity index (χ4v) is 2.82. The number of aryl methyl sites for hydroxylation is 1. The summed E-state index contributed by atoms with van der Waals surface area (Å²) in [6.45, 7) is 4.80. The van der Waals surface area contributed by atoms with Gasteiger partial charge in [0.25, 0.3) is 0 Å². The van der Waals surface area contributed by atoms with Crippen LogP contribution < -0.4 is 19.7 Å². The van der Waals surface area contributed by atoms with Gasteiger partial charge in [-0.15, -0.1) is 0 Å². The number of nitrogens with zero attached hydrogens (tertiary/aromatic N) is 3. The Bertz CT molecular complexity index is 900. The number of nitrogens with one attached hydrogen (secondary N) is 1. The van der Waals surface area contributed by atoms with Crippen LogP contribution in [0.5, 0.6) is 11.5 Å². The average Bonchev–Trinajstić information content (AvgIpc) is 2.69. The minimum Gasteiger partial charge on any atom is -0.497 e. The summed E-state index contributed by atoms with van der Waals surface area (Å²) in [6.07, 6.45) is 0. The van der Waals surface area contributed by atoms with Crippen LogP contribution in [0.15, 0.2) is 54.6 Å². The van der Waals surface area contributed by atoms with E-state index in [-0.39, 0.29) is 0 Å². The smallest absolute Gasteiger partial charge is 0.232 e. The molecule has 6 heteroatoms. The summed E-state index contributed by atoms with van der Waals surface area (Å²) in [5, 5.41) is 3.33. The lowest BCUT2D eigenvalue weighted by molar-refractivity contribution is 0.395. The maximum Gasteiger partial charge on any atom is 0.232 e. The highest BCUT2D eigenvalue weighted by Crippen LogP contribution is 2.32. The van der Waals surface area contributed by atoms with Gasteiger partial charge in [-0.3, -0.25) is 0 Å². The largest absolute Gasteiger partial charge is 0.497 e. The lowest BCUT2D eigenvalue weighted by Gasteiger charge is -2.22. The third-order valence-corrected chi connectivity index (χ3v) is 4.14. The molecule has 0 bridgehead atoms. The van der Waals surface area contributed by atoms with E-state index in [2.05, 4.69) is 34.3 Å². The van der Waals surface area contributed by atoms with E-state index in [1.807, 2.05) is 49.4 Å². The maximum absolute atomic E-state index is 5.46. The van der Waals surface area contributed by atoms with Crippen LogP contribution in [0.2, 0.25) is 0 Å². The van der Waals surface area contributed by atoms with E-state index in [1.54, 1.807) is 14.2 Å². The Morgan fingerprint density at radius 2 is 1.74 bits per heavy atom. The molecular weight excluding hydrogens is 340 g/mol. The molecule has 0 aliphatic carbocycles. The molecule has 6 nitrogen and oxygen atoms in total. The molecule has 1 aromatic heterocycles. The van der Waals surface area contributed by atoms with Gasteiger partial charge < -0.3 is 19.7 Å². The Morgan fingerprint density at radius 1 is 0.963 bits per heavy atom. The molecule has 0 amide bonds. The van der Waals surface area contributed by atoms with Crippen molar-refractivity contribution >= 4 is 23.1 Å². The van der Waals surface area contributed by atoms with Crippen LogP contribution in [0, 0.1) is 6.92 Å². The van der Waals surface area contributed by atoms with Crippen LogP contribution in [-0.4, -0.2) is 30.7 Å². The molecule has 0 saturated heterocycles. The second-order valence-electron chi connectivity index (χ2n) is 5.97. The number of methoxy groups -OCH3 is 2. The molecule has 1 N–H and O–H groups in total. The highest BCUT2D eigenvalue weighted by atomic mass is 16.5. The number of hydrogen-bond acceptors (Lipinski definition) is 6. The molecule has 0 unspecified atom stereocenters. The van der Waals surface area contributed by atoms with Crippen molar-refractivity contribution in [2.45, 2.75) is 13.8 Å². The molecule has 3 rings (SSSR count). The molecule has 3 aromatic rings. The number of anilines is 4. The summed E-state index contributed by atoms with van der Waals surface area (Å²) in [5.41, 5.74) is 2.74. The van der Waals surface area contributed by atoms with Gasteiger partial charge in [0.1, 0.15) is 17.3 Å². The van der Waals surface area contributed by atoms with Crippen LogP contribution in [0.1, 0.15) is 12.6 Å². The second kappa shape index (κ2) is 8.40. The topological polar surface area (TPSA) is 59.5 Å². The average molecular weight is 364 g/mol. The first kappa shape index (κ1) is 18.5. The molecule has 0 atom stereocenters. The van der Waals surface area contributed by atoms with Crippen molar-refractivity contribution in [2.24, 2.45) is 0 Å². The Morgan fingerprint density at radius 3 is 2.41 bits per heavy atom. The van der Waals surface area contributed by atoms with Gasteiger partial charge in [0.15, 0.2) is 0 Å². The fraction of sp³-hybridized carbons (Fsp3) is 0.238. The molecule has 0 aliphatic heterocycles. The summed E-state index contributed by atoms with van der Waals surface area (Å²) in [6, 6.07) is 17.6. The van der Waals surface area contributed by atoms with Gasteiger partial charge >= 0.3 is 0 Å². The quantitative estimate of drug-likeness (QED) is 0.655. The predicted octanol–water partition coefficient (Wildman–Crippen LogP) is 4.70. The Balaban J connectivity index is 1.94. The van der Waals surface area contributed by atoms with Crippen LogP contribution in [0.3, 0.4) is 0 Å². The zero-order valence-electron chi connectivity index (χ0n) is 16.1. The van der Waals surface area contributed by atoms with Crippen LogP contribution in [0.25, 0.3) is 0 Å². The highest BCUT2D eigenvalue weighted by molar-refractivity contribution is 5.67. The van der Waals surface area contributed by atoms with Gasteiger partial charge in [-0.1, -0.05) is 18.2 Å². The summed E-state index contributed by atoms with van der Waals surface area (Å²) in [4.78, 5) is 11.4. The van der Waals surface area contributed by atoms with Crippen molar-refractivity contribution in [1.29, 1.82) is 0 Å². The highest BCUT2D eigenvalue weighted by Gasteiger charge is 2.13. The molecule has 0 spiro atoms. The first-order valence-electron chi connectivity index (χ1n) is 8.82. The standard InChI is InChI=1S/C21H24N4O2/c1-5-25(16-9-7-6-8-10-16)21-22-15(2)13-20(24-21)23-18-12-11-17(26-3)14-19(18)27-4/h6-14H,5H2,1-4H3,(H,22,23,24). The number of hydrogen-bond donors (Lipinski definition) is 1. The van der Waals surface area contributed by atoms with Crippen LogP contribution in [-0.2, 0) is 0 Å². The number of benzene rings is 2. The summed E-state index contributed by atoms with van der Waals surface area (Å²) in [5.74, 6) is 2.77. The first-order chi connectivity index (χ1) is 13.1. The predicted molar refractivity (Wildman–Crippen MR) is 109 cm³/mol. The molecule has 27 heavy (non-hydrogen) atoms. The van der Waals surface area contributed by atoms with E-state index < -0.39 is 0 Å². The van der Waals surface area contributed by atoms with Gasteiger partial charge in [0.2, 0.25) is 5.95 Å². The van der Waals surface area contributed by atoms with E-state index in [9.17, 15) is 0 Å². The lowest BCUT2D eigenvalue weighted by atomic mass is 10.2. The third-order valence-electron chi connectivity index (χ3n) is 4.14. The minimum absolute atomic E-state index is 0.652. The van der Waals surface area contributed by atoms with Crippen molar-refractivity contribution < 1.29 is 9.47 Å². The Labute approximate surface area is 159 Å². The molecule has 2 aromatic carbocycles. The van der Waals surface area contributed by atoms with Gasteiger partial charge in [-0.05, 0) is 38.1 Å². The zero-order valence-corrected chi connectivity index (χ0v) is 16.1. The first-order valence-corrected chi connectivity index (χ1v) is 8.82. The molecule has 1 heterocycles.